The SMILES string of the molecule is c1ccc(-c2cc(-c3ccccc3)nc(-c3ccc(-c4ccc5c(c4)Oc4ccccc4C5(c4ccccc4)c4ccccc4)cc3)c2)cc1. The lowest BCUT2D eigenvalue weighted by Crippen LogP contribution is -2.34. The highest BCUT2D eigenvalue weighted by Gasteiger charge is 2.45. The zero-order valence-corrected chi connectivity index (χ0v) is 27.4. The average Bonchev–Trinajstić information content (AvgIpc) is 3.21. The maximum Gasteiger partial charge on any atom is 0.132 e. The summed E-state index contributed by atoms with van der Waals surface area (Å²) in [5.41, 5.74) is 12.8. The van der Waals surface area contributed by atoms with Gasteiger partial charge in [0.1, 0.15) is 11.5 Å². The normalized spacial score (nSPS) is 12.7. The monoisotopic (exact) mass is 639 g/mol. The molecule has 2 heterocycles. The van der Waals surface area contributed by atoms with Crippen LogP contribution in [-0.2, 0) is 5.41 Å². The molecule has 0 atom stereocenters. The van der Waals surface area contributed by atoms with Crippen LogP contribution in [0.1, 0.15) is 22.3 Å². The van der Waals surface area contributed by atoms with Gasteiger partial charge < -0.3 is 4.74 Å². The lowest BCUT2D eigenvalue weighted by Gasteiger charge is -2.41. The van der Waals surface area contributed by atoms with E-state index in [1.54, 1.807) is 0 Å². The highest BCUT2D eigenvalue weighted by atomic mass is 16.5. The van der Waals surface area contributed by atoms with Crippen LogP contribution in [0.5, 0.6) is 11.5 Å². The Morgan fingerprint density at radius 2 is 0.760 bits per heavy atom. The first-order valence-corrected chi connectivity index (χ1v) is 17.0. The number of fused-ring (bicyclic) bond motifs is 2. The zero-order valence-electron chi connectivity index (χ0n) is 27.4. The van der Waals surface area contributed by atoms with Crippen molar-refractivity contribution in [2.24, 2.45) is 0 Å². The Bertz CT molecular complexity index is 2320. The first-order chi connectivity index (χ1) is 24.8. The average molecular weight is 640 g/mol. The molecule has 0 amide bonds. The van der Waals surface area contributed by atoms with Crippen molar-refractivity contribution >= 4 is 0 Å². The van der Waals surface area contributed by atoms with Gasteiger partial charge in [0, 0.05) is 22.3 Å². The molecule has 236 valence electrons. The largest absolute Gasteiger partial charge is 0.457 e. The smallest absolute Gasteiger partial charge is 0.132 e. The Kier molecular flexibility index (Phi) is 7.40. The maximum atomic E-state index is 6.73. The van der Waals surface area contributed by atoms with E-state index in [2.05, 4.69) is 194 Å². The van der Waals surface area contributed by atoms with E-state index in [1.807, 2.05) is 6.07 Å². The molecule has 2 nitrogen and oxygen atoms in total. The second kappa shape index (κ2) is 12.5. The number of rotatable bonds is 6. The summed E-state index contributed by atoms with van der Waals surface area (Å²) in [6.45, 7) is 0. The number of hydrogen-bond donors (Lipinski definition) is 0. The third kappa shape index (κ3) is 5.10. The molecule has 0 unspecified atom stereocenters. The molecule has 0 spiro atoms. The van der Waals surface area contributed by atoms with Crippen LogP contribution in [0.2, 0.25) is 0 Å². The van der Waals surface area contributed by atoms with Crippen molar-refractivity contribution in [1.82, 2.24) is 4.98 Å². The summed E-state index contributed by atoms with van der Waals surface area (Å²) in [5, 5.41) is 0. The number of benzene rings is 7. The van der Waals surface area contributed by atoms with E-state index < -0.39 is 5.41 Å². The number of ether oxygens (including phenoxy) is 1. The molecule has 50 heavy (non-hydrogen) atoms. The van der Waals surface area contributed by atoms with Crippen LogP contribution >= 0.6 is 0 Å². The maximum absolute atomic E-state index is 6.73. The second-order valence-corrected chi connectivity index (χ2v) is 12.7. The van der Waals surface area contributed by atoms with E-state index in [9.17, 15) is 0 Å². The van der Waals surface area contributed by atoms with Crippen molar-refractivity contribution in [3.63, 3.8) is 0 Å². The Morgan fingerprint density at radius 3 is 1.38 bits per heavy atom. The minimum Gasteiger partial charge on any atom is -0.457 e. The molecule has 0 saturated heterocycles. The van der Waals surface area contributed by atoms with Gasteiger partial charge in [0.05, 0.1) is 16.8 Å². The molecule has 0 radical (unpaired) electrons. The van der Waals surface area contributed by atoms with Crippen molar-refractivity contribution in [2.45, 2.75) is 5.41 Å². The van der Waals surface area contributed by atoms with E-state index in [4.69, 9.17) is 9.72 Å². The molecule has 2 heteroatoms. The van der Waals surface area contributed by atoms with E-state index in [1.165, 1.54) is 16.7 Å². The third-order valence-corrected chi connectivity index (χ3v) is 9.83. The van der Waals surface area contributed by atoms with Crippen LogP contribution in [0.15, 0.2) is 200 Å². The minimum atomic E-state index is -0.527. The number of hydrogen-bond acceptors (Lipinski definition) is 2. The molecule has 7 aromatic carbocycles. The van der Waals surface area contributed by atoms with Gasteiger partial charge in [0.2, 0.25) is 0 Å². The zero-order chi connectivity index (χ0) is 33.3. The lowest BCUT2D eigenvalue weighted by atomic mass is 9.63. The molecule has 1 aliphatic rings. The number of nitrogens with zero attached hydrogens (tertiary/aromatic N) is 1. The van der Waals surface area contributed by atoms with Crippen molar-refractivity contribution in [1.29, 1.82) is 0 Å². The standard InChI is InChI=1S/C48H33NO/c1-5-15-34(16-6-1)39-31-44(36-17-7-2-8-18-36)49-45(32-39)37-27-25-35(26-28-37)38-29-30-43-47(33-38)50-46-24-14-13-23-42(46)48(43,40-19-9-3-10-20-40)41-21-11-4-12-22-41/h1-33H. The van der Waals surface area contributed by atoms with Gasteiger partial charge in [-0.3, -0.25) is 0 Å². The van der Waals surface area contributed by atoms with Crippen molar-refractivity contribution in [3.05, 3.63) is 222 Å². The fourth-order valence-electron chi connectivity index (χ4n) is 7.46. The molecule has 1 aromatic heterocycles. The van der Waals surface area contributed by atoms with Gasteiger partial charge >= 0.3 is 0 Å². The molecule has 0 bridgehead atoms. The summed E-state index contributed by atoms with van der Waals surface area (Å²) in [5.74, 6) is 1.74. The van der Waals surface area contributed by atoms with Crippen LogP contribution in [0.25, 0.3) is 44.8 Å². The number of aromatic nitrogens is 1. The molecule has 0 saturated carbocycles. The Hall–Kier alpha value is -6.51. The fourth-order valence-corrected chi connectivity index (χ4v) is 7.46. The Morgan fingerprint density at radius 1 is 0.320 bits per heavy atom. The van der Waals surface area contributed by atoms with Crippen molar-refractivity contribution in [2.75, 3.05) is 0 Å². The van der Waals surface area contributed by atoms with Crippen LogP contribution in [-0.4, -0.2) is 4.98 Å². The molecular formula is C48H33NO. The first-order valence-electron chi connectivity index (χ1n) is 17.0. The highest BCUT2D eigenvalue weighted by molar-refractivity contribution is 5.79. The van der Waals surface area contributed by atoms with Crippen LogP contribution in [0.4, 0.5) is 0 Å². The lowest BCUT2D eigenvalue weighted by molar-refractivity contribution is 0.435. The highest BCUT2D eigenvalue weighted by Crippen LogP contribution is 2.55. The Labute approximate surface area is 293 Å². The number of pyridine rings is 1. The molecule has 8 aromatic rings. The molecule has 1 aliphatic heterocycles. The Balaban J connectivity index is 1.14. The van der Waals surface area contributed by atoms with Gasteiger partial charge in [-0.25, -0.2) is 4.98 Å². The van der Waals surface area contributed by atoms with E-state index in [-0.39, 0.29) is 0 Å². The quantitative estimate of drug-likeness (QED) is 0.181. The van der Waals surface area contributed by atoms with Crippen molar-refractivity contribution < 1.29 is 4.74 Å². The van der Waals surface area contributed by atoms with Crippen LogP contribution in [0, 0.1) is 0 Å². The van der Waals surface area contributed by atoms with Gasteiger partial charge in [0.15, 0.2) is 0 Å². The summed E-state index contributed by atoms with van der Waals surface area (Å²) in [7, 11) is 0. The summed E-state index contributed by atoms with van der Waals surface area (Å²) in [6.07, 6.45) is 0. The third-order valence-electron chi connectivity index (χ3n) is 9.83. The van der Waals surface area contributed by atoms with Crippen molar-refractivity contribution in [3.8, 4) is 56.3 Å². The summed E-state index contributed by atoms with van der Waals surface area (Å²) in [4.78, 5) is 5.13. The molecule has 0 aliphatic carbocycles. The first kappa shape index (κ1) is 29.6. The topological polar surface area (TPSA) is 22.1 Å². The molecule has 0 N–H and O–H groups in total. The van der Waals surface area contributed by atoms with Crippen LogP contribution < -0.4 is 4.74 Å². The minimum absolute atomic E-state index is 0.527. The molecular weight excluding hydrogens is 607 g/mol. The molecule has 0 fully saturated rings. The van der Waals surface area contributed by atoms with E-state index in [0.717, 1.165) is 61.8 Å². The summed E-state index contributed by atoms with van der Waals surface area (Å²) in [6, 6.07) is 70.7. The fraction of sp³-hybridized carbons (Fsp3) is 0.0208. The van der Waals surface area contributed by atoms with E-state index >= 15 is 0 Å². The summed E-state index contributed by atoms with van der Waals surface area (Å²) >= 11 is 0. The van der Waals surface area contributed by atoms with Gasteiger partial charge in [-0.05, 0) is 57.6 Å². The summed E-state index contributed by atoms with van der Waals surface area (Å²) < 4.78 is 6.73. The molecule has 9 rings (SSSR count). The number of para-hydroxylation sites is 1. The van der Waals surface area contributed by atoms with Crippen LogP contribution in [0.3, 0.4) is 0 Å². The van der Waals surface area contributed by atoms with Gasteiger partial charge in [-0.2, -0.15) is 0 Å². The van der Waals surface area contributed by atoms with E-state index in [0.29, 0.717) is 0 Å². The predicted octanol–water partition coefficient (Wildman–Crippen LogP) is 12.2. The van der Waals surface area contributed by atoms with Gasteiger partial charge in [-0.1, -0.05) is 176 Å². The second-order valence-electron chi connectivity index (χ2n) is 12.7. The van der Waals surface area contributed by atoms with Gasteiger partial charge in [0.25, 0.3) is 0 Å². The van der Waals surface area contributed by atoms with Gasteiger partial charge in [-0.15, -0.1) is 0 Å². The predicted molar refractivity (Wildman–Crippen MR) is 204 cm³/mol.